The second-order valence-corrected chi connectivity index (χ2v) is 6.35. The number of unbranched alkanes of at least 4 members (excludes halogenated alkanes) is 8. The van der Waals surface area contributed by atoms with Crippen molar-refractivity contribution in [3.8, 4) is 0 Å². The third-order valence-corrected chi connectivity index (χ3v) is 4.31. The zero-order valence-electron chi connectivity index (χ0n) is 14.4. The van der Waals surface area contributed by atoms with Gasteiger partial charge >= 0.3 is 0 Å². The van der Waals surface area contributed by atoms with Gasteiger partial charge in [-0.05, 0) is 18.9 Å². The lowest BCUT2D eigenvalue weighted by Gasteiger charge is -2.36. The SMILES string of the molecule is CCCCCCCCCC/C=C/O[C@H]1[C@H](O)[C@@H](CO)OC[C@@H]1O. The van der Waals surface area contributed by atoms with Crippen molar-refractivity contribution in [2.45, 2.75) is 89.1 Å². The first kappa shape index (κ1) is 20.4. The van der Waals surface area contributed by atoms with Gasteiger partial charge in [-0.1, -0.05) is 51.9 Å². The lowest BCUT2D eigenvalue weighted by atomic mass is 10.0. The summed E-state index contributed by atoms with van der Waals surface area (Å²) in [4.78, 5) is 0. The van der Waals surface area contributed by atoms with E-state index in [1.54, 1.807) is 6.26 Å². The van der Waals surface area contributed by atoms with Crippen LogP contribution < -0.4 is 0 Å². The predicted octanol–water partition coefficient (Wildman–Crippen LogP) is 2.53. The van der Waals surface area contributed by atoms with E-state index >= 15 is 0 Å². The molecule has 0 saturated carbocycles. The Morgan fingerprint density at radius 2 is 1.70 bits per heavy atom. The Labute approximate surface area is 140 Å². The Morgan fingerprint density at radius 3 is 2.35 bits per heavy atom. The third kappa shape index (κ3) is 8.15. The van der Waals surface area contributed by atoms with Crippen LogP contribution in [0.4, 0.5) is 0 Å². The van der Waals surface area contributed by atoms with E-state index in [0.717, 1.165) is 12.8 Å². The molecule has 0 aromatic carbocycles. The molecule has 1 fully saturated rings. The molecule has 136 valence electrons. The highest BCUT2D eigenvalue weighted by Crippen LogP contribution is 2.19. The molecule has 5 heteroatoms. The molecule has 23 heavy (non-hydrogen) atoms. The monoisotopic (exact) mass is 330 g/mol. The molecular formula is C18H34O5. The number of allylic oxidation sites excluding steroid dienone is 1. The second-order valence-electron chi connectivity index (χ2n) is 6.35. The average molecular weight is 330 g/mol. The number of rotatable bonds is 12. The van der Waals surface area contributed by atoms with Crippen LogP contribution in [0, 0.1) is 0 Å². The van der Waals surface area contributed by atoms with Crippen LogP contribution in [0.3, 0.4) is 0 Å². The summed E-state index contributed by atoms with van der Waals surface area (Å²) in [5.41, 5.74) is 0. The van der Waals surface area contributed by atoms with E-state index in [1.165, 1.54) is 44.9 Å². The summed E-state index contributed by atoms with van der Waals surface area (Å²) in [7, 11) is 0. The van der Waals surface area contributed by atoms with Crippen LogP contribution in [0.25, 0.3) is 0 Å². The molecule has 1 rings (SSSR count). The molecule has 0 unspecified atom stereocenters. The molecule has 5 nitrogen and oxygen atoms in total. The van der Waals surface area contributed by atoms with Gasteiger partial charge in [0.2, 0.25) is 0 Å². The Morgan fingerprint density at radius 1 is 1.04 bits per heavy atom. The number of hydrogen-bond donors (Lipinski definition) is 3. The van der Waals surface area contributed by atoms with Gasteiger partial charge < -0.3 is 24.8 Å². The van der Waals surface area contributed by atoms with Crippen molar-refractivity contribution in [2.24, 2.45) is 0 Å². The van der Waals surface area contributed by atoms with E-state index in [4.69, 9.17) is 14.6 Å². The molecule has 1 aliphatic rings. The van der Waals surface area contributed by atoms with E-state index in [-0.39, 0.29) is 13.2 Å². The average Bonchev–Trinajstić information content (AvgIpc) is 2.55. The highest BCUT2D eigenvalue weighted by atomic mass is 16.6. The van der Waals surface area contributed by atoms with Crippen LogP contribution >= 0.6 is 0 Å². The normalized spacial score (nSPS) is 28.3. The molecule has 1 aliphatic heterocycles. The smallest absolute Gasteiger partial charge is 0.154 e. The highest BCUT2D eigenvalue weighted by Gasteiger charge is 2.39. The van der Waals surface area contributed by atoms with Crippen LogP contribution in [0.15, 0.2) is 12.3 Å². The van der Waals surface area contributed by atoms with Crippen molar-refractivity contribution in [1.82, 2.24) is 0 Å². The van der Waals surface area contributed by atoms with Crippen molar-refractivity contribution >= 4 is 0 Å². The lowest BCUT2D eigenvalue weighted by Crippen LogP contribution is -2.54. The maximum absolute atomic E-state index is 9.96. The minimum absolute atomic E-state index is 0.0683. The Bertz CT molecular complexity index is 308. The maximum Gasteiger partial charge on any atom is 0.154 e. The second kappa shape index (κ2) is 12.8. The number of aliphatic hydroxyl groups excluding tert-OH is 3. The summed E-state index contributed by atoms with van der Waals surface area (Å²) in [6, 6.07) is 0. The van der Waals surface area contributed by atoms with Gasteiger partial charge in [-0.15, -0.1) is 0 Å². The lowest BCUT2D eigenvalue weighted by molar-refractivity contribution is -0.197. The van der Waals surface area contributed by atoms with Crippen molar-refractivity contribution in [3.05, 3.63) is 12.3 Å². The molecule has 0 aromatic rings. The van der Waals surface area contributed by atoms with Crippen LogP contribution in [0.2, 0.25) is 0 Å². The zero-order valence-corrected chi connectivity index (χ0v) is 14.4. The molecule has 1 saturated heterocycles. The quantitative estimate of drug-likeness (QED) is 0.378. The fraction of sp³-hybridized carbons (Fsp3) is 0.889. The molecule has 0 aliphatic carbocycles. The summed E-state index contributed by atoms with van der Waals surface area (Å²) in [5.74, 6) is 0. The molecule has 4 atom stereocenters. The Balaban J connectivity index is 2.06. The molecule has 0 radical (unpaired) electrons. The molecule has 0 aromatic heterocycles. The standard InChI is InChI=1S/C18H34O5/c1-2-3-4-5-6-7-8-9-10-11-12-22-18-15(20)14-23-16(13-19)17(18)21/h11-12,15-21H,2-10,13-14H2,1H3/b12-11+/t15-,16+,17+,18+/m0/s1. The van der Waals surface area contributed by atoms with E-state index in [0.29, 0.717) is 0 Å². The summed E-state index contributed by atoms with van der Waals surface area (Å²) >= 11 is 0. The van der Waals surface area contributed by atoms with Crippen LogP contribution in [0.1, 0.15) is 64.7 Å². The van der Waals surface area contributed by atoms with Gasteiger partial charge in [0.15, 0.2) is 6.10 Å². The van der Waals surface area contributed by atoms with Crippen molar-refractivity contribution < 1.29 is 24.8 Å². The van der Waals surface area contributed by atoms with Crippen LogP contribution in [-0.2, 0) is 9.47 Å². The summed E-state index contributed by atoms with van der Waals surface area (Å²) < 4.78 is 10.6. The van der Waals surface area contributed by atoms with Crippen molar-refractivity contribution in [3.63, 3.8) is 0 Å². The van der Waals surface area contributed by atoms with Crippen molar-refractivity contribution in [2.75, 3.05) is 13.2 Å². The third-order valence-electron chi connectivity index (χ3n) is 4.31. The minimum Gasteiger partial charge on any atom is -0.493 e. The summed E-state index contributed by atoms with van der Waals surface area (Å²) in [5, 5.41) is 28.8. The fourth-order valence-corrected chi connectivity index (χ4v) is 2.80. The predicted molar refractivity (Wildman–Crippen MR) is 90.1 cm³/mol. The van der Waals surface area contributed by atoms with Gasteiger partial charge in [0.05, 0.1) is 19.5 Å². The molecule has 0 spiro atoms. The first-order valence-electron chi connectivity index (χ1n) is 9.09. The largest absolute Gasteiger partial charge is 0.493 e. The first-order chi connectivity index (χ1) is 11.2. The number of aliphatic hydroxyl groups is 3. The summed E-state index contributed by atoms with van der Waals surface area (Å²) in [6.45, 7) is 2.02. The molecule has 3 N–H and O–H groups in total. The zero-order chi connectivity index (χ0) is 16.9. The van der Waals surface area contributed by atoms with Gasteiger partial charge in [-0.3, -0.25) is 0 Å². The minimum atomic E-state index is -1.02. The van der Waals surface area contributed by atoms with Crippen LogP contribution in [-0.4, -0.2) is 52.9 Å². The van der Waals surface area contributed by atoms with Crippen molar-refractivity contribution in [1.29, 1.82) is 0 Å². The van der Waals surface area contributed by atoms with Crippen LogP contribution in [0.5, 0.6) is 0 Å². The number of ether oxygens (including phenoxy) is 2. The molecule has 0 amide bonds. The van der Waals surface area contributed by atoms with Gasteiger partial charge in [-0.2, -0.15) is 0 Å². The van der Waals surface area contributed by atoms with Gasteiger partial charge in [0, 0.05) is 0 Å². The molecular weight excluding hydrogens is 296 g/mol. The molecule has 0 bridgehead atoms. The maximum atomic E-state index is 9.96. The topological polar surface area (TPSA) is 79.2 Å². The highest BCUT2D eigenvalue weighted by molar-refractivity contribution is 4.89. The van der Waals surface area contributed by atoms with Gasteiger partial charge in [0.1, 0.15) is 18.3 Å². The van der Waals surface area contributed by atoms with E-state index in [9.17, 15) is 10.2 Å². The van der Waals surface area contributed by atoms with E-state index < -0.39 is 24.4 Å². The van der Waals surface area contributed by atoms with E-state index in [2.05, 4.69) is 6.92 Å². The Hall–Kier alpha value is -0.620. The molecule has 1 heterocycles. The van der Waals surface area contributed by atoms with Gasteiger partial charge in [-0.25, -0.2) is 0 Å². The first-order valence-corrected chi connectivity index (χ1v) is 9.09. The fourth-order valence-electron chi connectivity index (χ4n) is 2.80. The summed E-state index contributed by atoms with van der Waals surface area (Å²) in [6.07, 6.45) is 11.4. The van der Waals surface area contributed by atoms with Gasteiger partial charge in [0.25, 0.3) is 0 Å². The number of hydrogen-bond acceptors (Lipinski definition) is 5. The Kier molecular flexibility index (Phi) is 11.3. The van der Waals surface area contributed by atoms with E-state index in [1.807, 2.05) is 6.08 Å².